The molecule has 3 nitrogen and oxygen atoms in total. The van der Waals surface area contributed by atoms with Crippen molar-refractivity contribution >= 4 is 22.0 Å². The van der Waals surface area contributed by atoms with Gasteiger partial charge in [-0.3, -0.25) is 0 Å². The second-order valence-corrected chi connectivity index (χ2v) is 4.29. The molecule has 1 amide bonds. The zero-order valence-corrected chi connectivity index (χ0v) is 11.1. The van der Waals surface area contributed by atoms with Crippen molar-refractivity contribution in [3.63, 3.8) is 0 Å². The zero-order valence-electron chi connectivity index (χ0n) is 9.50. The Morgan fingerprint density at radius 3 is 2.50 bits per heavy atom. The van der Waals surface area contributed by atoms with Crippen LogP contribution >= 0.6 is 15.9 Å². The second kappa shape index (κ2) is 6.53. The molecule has 0 fully saturated rings. The van der Waals surface area contributed by atoms with Crippen LogP contribution in [0.4, 0.5) is 4.79 Å². The second-order valence-electron chi connectivity index (χ2n) is 3.38. The molecule has 0 aliphatic carbocycles. The molecule has 0 aliphatic rings. The van der Waals surface area contributed by atoms with Gasteiger partial charge in [0.05, 0.1) is 12.6 Å². The van der Waals surface area contributed by atoms with Gasteiger partial charge in [0, 0.05) is 4.47 Å². The summed E-state index contributed by atoms with van der Waals surface area (Å²) in [5.74, 6) is 0. The summed E-state index contributed by atoms with van der Waals surface area (Å²) in [6.07, 6.45) is 0.470. The molecule has 1 atom stereocenters. The van der Waals surface area contributed by atoms with Gasteiger partial charge < -0.3 is 10.1 Å². The Bertz CT molecular complexity index is 337. The largest absolute Gasteiger partial charge is 0.450 e. The highest BCUT2D eigenvalue weighted by Gasteiger charge is 2.12. The van der Waals surface area contributed by atoms with Crippen LogP contribution in [0.1, 0.15) is 31.9 Å². The van der Waals surface area contributed by atoms with E-state index in [-0.39, 0.29) is 12.1 Å². The van der Waals surface area contributed by atoms with E-state index < -0.39 is 0 Å². The Kier molecular flexibility index (Phi) is 5.32. The van der Waals surface area contributed by atoms with Crippen molar-refractivity contribution in [2.24, 2.45) is 0 Å². The summed E-state index contributed by atoms with van der Waals surface area (Å²) >= 11 is 3.38. The highest BCUT2D eigenvalue weighted by molar-refractivity contribution is 9.10. The van der Waals surface area contributed by atoms with Crippen LogP contribution in [0.3, 0.4) is 0 Å². The van der Waals surface area contributed by atoms with Gasteiger partial charge in [-0.2, -0.15) is 0 Å². The highest BCUT2D eigenvalue weighted by atomic mass is 79.9. The topological polar surface area (TPSA) is 38.3 Å². The zero-order chi connectivity index (χ0) is 12.0. The molecule has 88 valence electrons. The molecule has 4 heteroatoms. The van der Waals surface area contributed by atoms with E-state index in [0.29, 0.717) is 6.61 Å². The van der Waals surface area contributed by atoms with Crippen molar-refractivity contribution < 1.29 is 9.53 Å². The molecule has 1 unspecified atom stereocenters. The van der Waals surface area contributed by atoms with Gasteiger partial charge >= 0.3 is 6.09 Å². The van der Waals surface area contributed by atoms with Crippen molar-refractivity contribution in [3.05, 3.63) is 34.3 Å². The lowest BCUT2D eigenvalue weighted by molar-refractivity contribution is 0.147. The summed E-state index contributed by atoms with van der Waals surface area (Å²) < 4.78 is 5.89. The molecule has 1 N–H and O–H groups in total. The van der Waals surface area contributed by atoms with E-state index in [1.807, 2.05) is 31.2 Å². The first-order valence-corrected chi connectivity index (χ1v) is 6.15. The molecule has 0 radical (unpaired) electrons. The van der Waals surface area contributed by atoms with Crippen LogP contribution in [-0.2, 0) is 4.74 Å². The van der Waals surface area contributed by atoms with Gasteiger partial charge in [0.25, 0.3) is 0 Å². The molecule has 0 bridgehead atoms. The standard InChI is InChI=1S/C12H16BrNO2/c1-3-11(14-12(15)16-4-2)9-5-7-10(13)8-6-9/h5-8,11H,3-4H2,1-2H3,(H,14,15). The van der Waals surface area contributed by atoms with Crippen molar-refractivity contribution in [3.8, 4) is 0 Å². The monoisotopic (exact) mass is 285 g/mol. The molecule has 0 aliphatic heterocycles. The van der Waals surface area contributed by atoms with Crippen molar-refractivity contribution in [2.75, 3.05) is 6.61 Å². The Hall–Kier alpha value is -1.03. The van der Waals surface area contributed by atoms with E-state index in [0.717, 1.165) is 16.5 Å². The van der Waals surface area contributed by atoms with Crippen LogP contribution in [0.15, 0.2) is 28.7 Å². The smallest absolute Gasteiger partial charge is 0.407 e. The van der Waals surface area contributed by atoms with Gasteiger partial charge in [-0.05, 0) is 31.0 Å². The van der Waals surface area contributed by atoms with Crippen molar-refractivity contribution in [2.45, 2.75) is 26.3 Å². The third kappa shape index (κ3) is 3.85. The predicted octanol–water partition coefficient (Wildman–Crippen LogP) is 3.65. The minimum atomic E-state index is -0.364. The lowest BCUT2D eigenvalue weighted by atomic mass is 10.1. The highest BCUT2D eigenvalue weighted by Crippen LogP contribution is 2.19. The summed E-state index contributed by atoms with van der Waals surface area (Å²) in [6, 6.07) is 7.91. The van der Waals surface area contributed by atoms with Crippen LogP contribution < -0.4 is 5.32 Å². The van der Waals surface area contributed by atoms with E-state index in [9.17, 15) is 4.79 Å². The fraction of sp³-hybridized carbons (Fsp3) is 0.417. The maximum atomic E-state index is 11.3. The Balaban J connectivity index is 2.67. The van der Waals surface area contributed by atoms with E-state index in [2.05, 4.69) is 21.2 Å². The number of ether oxygens (including phenoxy) is 1. The number of nitrogens with one attached hydrogen (secondary N) is 1. The minimum absolute atomic E-state index is 0.00662. The fourth-order valence-corrected chi connectivity index (χ4v) is 1.70. The van der Waals surface area contributed by atoms with Gasteiger partial charge in [-0.1, -0.05) is 35.0 Å². The predicted molar refractivity (Wildman–Crippen MR) is 67.3 cm³/mol. The first kappa shape index (κ1) is 13.0. The number of halogens is 1. The third-order valence-corrected chi connectivity index (χ3v) is 2.78. The maximum absolute atomic E-state index is 11.3. The van der Waals surface area contributed by atoms with Gasteiger partial charge in [0.15, 0.2) is 0 Å². The molecular weight excluding hydrogens is 270 g/mol. The van der Waals surface area contributed by atoms with Crippen LogP contribution in [-0.4, -0.2) is 12.7 Å². The van der Waals surface area contributed by atoms with Crippen LogP contribution in [0, 0.1) is 0 Å². The number of alkyl carbamates (subject to hydrolysis) is 1. The van der Waals surface area contributed by atoms with E-state index in [1.54, 1.807) is 6.92 Å². The number of carbonyl (C=O) groups is 1. The van der Waals surface area contributed by atoms with Crippen LogP contribution in [0.5, 0.6) is 0 Å². The molecule has 1 aromatic rings. The first-order valence-electron chi connectivity index (χ1n) is 5.36. The molecule has 16 heavy (non-hydrogen) atoms. The lowest BCUT2D eigenvalue weighted by Crippen LogP contribution is -2.28. The maximum Gasteiger partial charge on any atom is 0.407 e. The molecular formula is C12H16BrNO2. The summed E-state index contributed by atoms with van der Waals surface area (Å²) in [6.45, 7) is 4.21. The lowest BCUT2D eigenvalue weighted by Gasteiger charge is -2.17. The van der Waals surface area contributed by atoms with Gasteiger partial charge in [0.1, 0.15) is 0 Å². The minimum Gasteiger partial charge on any atom is -0.450 e. The van der Waals surface area contributed by atoms with Crippen LogP contribution in [0.2, 0.25) is 0 Å². The number of carbonyl (C=O) groups excluding carboxylic acids is 1. The molecule has 1 aromatic carbocycles. The number of rotatable bonds is 4. The SMILES string of the molecule is CCOC(=O)NC(CC)c1ccc(Br)cc1. The molecule has 0 saturated heterocycles. The Morgan fingerprint density at radius 2 is 2.00 bits per heavy atom. The molecule has 0 spiro atoms. The third-order valence-electron chi connectivity index (χ3n) is 2.25. The average Bonchev–Trinajstić information content (AvgIpc) is 2.27. The Labute approximate surface area is 104 Å². The molecule has 0 saturated carbocycles. The number of amides is 1. The fourth-order valence-electron chi connectivity index (χ4n) is 1.43. The van der Waals surface area contributed by atoms with E-state index in [1.165, 1.54) is 0 Å². The first-order chi connectivity index (χ1) is 7.67. The Morgan fingerprint density at radius 1 is 1.38 bits per heavy atom. The summed E-state index contributed by atoms with van der Waals surface area (Å²) in [5, 5.41) is 2.83. The quantitative estimate of drug-likeness (QED) is 0.917. The van der Waals surface area contributed by atoms with Crippen LogP contribution in [0.25, 0.3) is 0 Å². The number of benzene rings is 1. The molecule has 0 aromatic heterocycles. The van der Waals surface area contributed by atoms with Gasteiger partial charge in [-0.15, -0.1) is 0 Å². The van der Waals surface area contributed by atoms with E-state index in [4.69, 9.17) is 4.74 Å². The molecule has 0 heterocycles. The van der Waals surface area contributed by atoms with Crippen molar-refractivity contribution in [1.29, 1.82) is 0 Å². The van der Waals surface area contributed by atoms with Crippen molar-refractivity contribution in [1.82, 2.24) is 5.32 Å². The summed E-state index contributed by atoms with van der Waals surface area (Å²) in [5.41, 5.74) is 1.08. The van der Waals surface area contributed by atoms with Gasteiger partial charge in [0.2, 0.25) is 0 Å². The molecule has 1 rings (SSSR count). The number of hydrogen-bond donors (Lipinski definition) is 1. The summed E-state index contributed by atoms with van der Waals surface area (Å²) in [7, 11) is 0. The van der Waals surface area contributed by atoms with Gasteiger partial charge in [-0.25, -0.2) is 4.79 Å². The normalized spacial score (nSPS) is 11.9. The average molecular weight is 286 g/mol. The van der Waals surface area contributed by atoms with E-state index >= 15 is 0 Å². The number of hydrogen-bond acceptors (Lipinski definition) is 2. The summed E-state index contributed by atoms with van der Waals surface area (Å²) in [4.78, 5) is 11.3.